The average Bonchev–Trinajstić information content (AvgIpc) is 2.71. The van der Waals surface area contributed by atoms with Crippen molar-refractivity contribution < 1.29 is 22.6 Å². The van der Waals surface area contributed by atoms with Gasteiger partial charge in [-0.15, -0.1) is 0 Å². The van der Waals surface area contributed by atoms with E-state index in [9.17, 15) is 8.42 Å². The van der Waals surface area contributed by atoms with Gasteiger partial charge in [0, 0.05) is 0 Å². The maximum absolute atomic E-state index is 12.7. The first-order chi connectivity index (χ1) is 13.5. The Morgan fingerprint density at radius 2 is 1.43 bits per heavy atom. The van der Waals surface area contributed by atoms with Crippen molar-refractivity contribution in [2.24, 2.45) is 0 Å². The lowest BCUT2D eigenvalue weighted by atomic mass is 10.3. The molecule has 1 N–H and O–H groups in total. The van der Waals surface area contributed by atoms with Gasteiger partial charge in [0.15, 0.2) is 5.75 Å². The second-order valence-corrected chi connectivity index (χ2v) is 7.47. The minimum atomic E-state index is -3.77. The molecule has 0 radical (unpaired) electrons. The van der Waals surface area contributed by atoms with Crippen LogP contribution in [0.1, 0.15) is 6.92 Å². The zero-order valence-electron chi connectivity index (χ0n) is 15.6. The number of benzene rings is 3. The van der Waals surface area contributed by atoms with E-state index in [1.54, 1.807) is 60.7 Å². The van der Waals surface area contributed by atoms with E-state index >= 15 is 0 Å². The molecule has 3 rings (SSSR count). The zero-order chi connectivity index (χ0) is 20.0. The number of rotatable bonds is 8. The van der Waals surface area contributed by atoms with Crippen LogP contribution >= 0.6 is 0 Å². The SMILES string of the molecule is CCOc1ccc(Oc2ccccc2NS(=O)(=O)c2ccc(OC)cc2)cc1. The molecular formula is C21H21NO5S. The van der Waals surface area contributed by atoms with Crippen LogP contribution in [0.3, 0.4) is 0 Å². The average molecular weight is 399 g/mol. The van der Waals surface area contributed by atoms with Gasteiger partial charge in [-0.05, 0) is 67.6 Å². The van der Waals surface area contributed by atoms with Gasteiger partial charge >= 0.3 is 0 Å². The molecule has 0 amide bonds. The molecule has 0 spiro atoms. The monoisotopic (exact) mass is 399 g/mol. The second kappa shape index (κ2) is 8.67. The summed E-state index contributed by atoms with van der Waals surface area (Å²) in [5.41, 5.74) is 0.340. The van der Waals surface area contributed by atoms with Crippen molar-refractivity contribution >= 4 is 15.7 Å². The Labute approximate surface area is 164 Å². The highest BCUT2D eigenvalue weighted by atomic mass is 32.2. The van der Waals surface area contributed by atoms with E-state index in [2.05, 4.69) is 4.72 Å². The summed E-state index contributed by atoms with van der Waals surface area (Å²) >= 11 is 0. The molecular weight excluding hydrogens is 378 g/mol. The molecule has 0 aromatic heterocycles. The molecule has 0 saturated heterocycles. The molecule has 7 heteroatoms. The van der Waals surface area contributed by atoms with E-state index in [4.69, 9.17) is 14.2 Å². The number of hydrogen-bond donors (Lipinski definition) is 1. The van der Waals surface area contributed by atoms with E-state index in [0.29, 0.717) is 29.5 Å². The summed E-state index contributed by atoms with van der Waals surface area (Å²) in [6.07, 6.45) is 0. The second-order valence-electron chi connectivity index (χ2n) is 5.78. The topological polar surface area (TPSA) is 73.9 Å². The molecule has 6 nitrogen and oxygen atoms in total. The predicted octanol–water partition coefficient (Wildman–Crippen LogP) is 4.69. The lowest BCUT2D eigenvalue weighted by molar-refractivity contribution is 0.339. The van der Waals surface area contributed by atoms with Crippen LogP contribution in [0.4, 0.5) is 5.69 Å². The van der Waals surface area contributed by atoms with Crippen molar-refractivity contribution in [2.45, 2.75) is 11.8 Å². The van der Waals surface area contributed by atoms with Crippen molar-refractivity contribution in [1.82, 2.24) is 0 Å². The molecule has 3 aromatic carbocycles. The number of methoxy groups -OCH3 is 1. The molecule has 0 atom stereocenters. The van der Waals surface area contributed by atoms with Crippen LogP contribution in [0.15, 0.2) is 77.7 Å². The van der Waals surface area contributed by atoms with E-state index < -0.39 is 10.0 Å². The highest BCUT2D eigenvalue weighted by molar-refractivity contribution is 7.92. The smallest absolute Gasteiger partial charge is 0.262 e. The van der Waals surface area contributed by atoms with Crippen molar-refractivity contribution in [1.29, 1.82) is 0 Å². The lowest BCUT2D eigenvalue weighted by Gasteiger charge is -2.14. The van der Waals surface area contributed by atoms with Crippen molar-refractivity contribution in [2.75, 3.05) is 18.4 Å². The minimum absolute atomic E-state index is 0.129. The van der Waals surface area contributed by atoms with Crippen molar-refractivity contribution in [3.05, 3.63) is 72.8 Å². The third-order valence-corrected chi connectivity index (χ3v) is 5.25. The Morgan fingerprint density at radius 3 is 2.07 bits per heavy atom. The molecule has 0 aliphatic rings. The summed E-state index contributed by atoms with van der Waals surface area (Å²) in [5.74, 6) is 2.28. The quantitative estimate of drug-likeness (QED) is 0.595. The molecule has 28 heavy (non-hydrogen) atoms. The van der Waals surface area contributed by atoms with E-state index in [0.717, 1.165) is 5.75 Å². The first-order valence-corrected chi connectivity index (χ1v) is 10.2. The van der Waals surface area contributed by atoms with Gasteiger partial charge in [-0.2, -0.15) is 0 Å². The number of nitrogens with one attached hydrogen (secondary N) is 1. The fraction of sp³-hybridized carbons (Fsp3) is 0.143. The molecule has 146 valence electrons. The molecule has 0 fully saturated rings. The Hall–Kier alpha value is -3.19. The molecule has 0 saturated carbocycles. The summed E-state index contributed by atoms with van der Waals surface area (Å²) < 4.78 is 44.3. The number of ether oxygens (including phenoxy) is 3. The van der Waals surface area contributed by atoms with Crippen LogP contribution in [0.5, 0.6) is 23.0 Å². The summed E-state index contributed by atoms with van der Waals surface area (Å²) in [5, 5.41) is 0. The Balaban J connectivity index is 1.81. The molecule has 0 heterocycles. The van der Waals surface area contributed by atoms with Crippen LogP contribution in [-0.2, 0) is 10.0 Å². The Morgan fingerprint density at radius 1 is 0.821 bits per heavy atom. The van der Waals surface area contributed by atoms with Crippen LogP contribution in [0, 0.1) is 0 Å². The van der Waals surface area contributed by atoms with Gasteiger partial charge < -0.3 is 14.2 Å². The summed E-state index contributed by atoms with van der Waals surface area (Å²) in [6, 6.07) is 20.1. The summed E-state index contributed by atoms with van der Waals surface area (Å²) in [7, 11) is -2.25. The normalized spacial score (nSPS) is 10.9. The van der Waals surface area contributed by atoms with Gasteiger partial charge in [0.25, 0.3) is 10.0 Å². The van der Waals surface area contributed by atoms with Crippen molar-refractivity contribution in [3.63, 3.8) is 0 Å². The molecule has 0 aliphatic heterocycles. The first kappa shape index (κ1) is 19.6. The van der Waals surface area contributed by atoms with Crippen LogP contribution in [0.25, 0.3) is 0 Å². The number of para-hydroxylation sites is 2. The maximum atomic E-state index is 12.7. The molecule has 0 unspecified atom stereocenters. The molecule has 0 bridgehead atoms. The summed E-state index contributed by atoms with van der Waals surface area (Å²) in [6.45, 7) is 2.49. The Kier molecular flexibility index (Phi) is 6.06. The van der Waals surface area contributed by atoms with E-state index in [1.165, 1.54) is 19.2 Å². The number of anilines is 1. The largest absolute Gasteiger partial charge is 0.497 e. The number of sulfonamides is 1. The third kappa shape index (κ3) is 4.75. The van der Waals surface area contributed by atoms with E-state index in [-0.39, 0.29) is 4.90 Å². The molecule has 0 aliphatic carbocycles. The van der Waals surface area contributed by atoms with E-state index in [1.807, 2.05) is 6.92 Å². The lowest BCUT2D eigenvalue weighted by Crippen LogP contribution is -2.13. The van der Waals surface area contributed by atoms with Gasteiger partial charge in [-0.3, -0.25) is 4.72 Å². The maximum Gasteiger partial charge on any atom is 0.262 e. The van der Waals surface area contributed by atoms with Crippen LogP contribution in [0.2, 0.25) is 0 Å². The van der Waals surface area contributed by atoms with Crippen molar-refractivity contribution in [3.8, 4) is 23.0 Å². The zero-order valence-corrected chi connectivity index (χ0v) is 16.4. The first-order valence-electron chi connectivity index (χ1n) is 8.68. The highest BCUT2D eigenvalue weighted by Crippen LogP contribution is 2.32. The van der Waals surface area contributed by atoms with Crippen LogP contribution in [-0.4, -0.2) is 22.1 Å². The van der Waals surface area contributed by atoms with Gasteiger partial charge in [-0.1, -0.05) is 12.1 Å². The van der Waals surface area contributed by atoms with Gasteiger partial charge in [0.2, 0.25) is 0 Å². The molecule has 3 aromatic rings. The minimum Gasteiger partial charge on any atom is -0.497 e. The van der Waals surface area contributed by atoms with Gasteiger partial charge in [0.1, 0.15) is 17.2 Å². The third-order valence-electron chi connectivity index (χ3n) is 3.86. The van der Waals surface area contributed by atoms with Gasteiger partial charge in [0.05, 0.1) is 24.3 Å². The Bertz CT molecular complexity index is 1020. The standard InChI is InChI=1S/C21H21NO5S/c1-3-26-17-8-10-18(11-9-17)27-21-7-5-4-6-20(21)22-28(23,24)19-14-12-16(25-2)13-15-19/h4-15,22H,3H2,1-2H3. The fourth-order valence-corrected chi connectivity index (χ4v) is 3.57. The van der Waals surface area contributed by atoms with Crippen LogP contribution < -0.4 is 18.9 Å². The fourth-order valence-electron chi connectivity index (χ4n) is 2.50. The predicted molar refractivity (Wildman–Crippen MR) is 108 cm³/mol. The highest BCUT2D eigenvalue weighted by Gasteiger charge is 2.17. The summed E-state index contributed by atoms with van der Waals surface area (Å²) in [4.78, 5) is 0.129. The van der Waals surface area contributed by atoms with Gasteiger partial charge in [-0.25, -0.2) is 8.42 Å². The number of hydrogen-bond acceptors (Lipinski definition) is 5.